The number of nitrogens with one attached hydrogen (secondary N) is 1. The molecular formula is C15H16BrFN2O3. The van der Waals surface area contributed by atoms with Crippen molar-refractivity contribution in [1.82, 2.24) is 10.2 Å². The second-order valence-electron chi connectivity index (χ2n) is 4.78. The first-order valence-electron chi connectivity index (χ1n) is 6.72. The molecule has 0 unspecified atom stereocenters. The molecule has 0 spiro atoms. The smallest absolute Gasteiger partial charge is 0.337 e. The van der Waals surface area contributed by atoms with Crippen molar-refractivity contribution >= 4 is 27.9 Å². The molecule has 7 heteroatoms. The maximum absolute atomic E-state index is 14.2. The van der Waals surface area contributed by atoms with Crippen molar-refractivity contribution < 1.29 is 18.7 Å². The van der Waals surface area contributed by atoms with E-state index in [1.54, 1.807) is 19.9 Å². The van der Waals surface area contributed by atoms with Gasteiger partial charge >= 0.3 is 12.0 Å². The van der Waals surface area contributed by atoms with Gasteiger partial charge in [0.15, 0.2) is 0 Å². The fourth-order valence-corrected chi connectivity index (χ4v) is 2.88. The average molecular weight is 371 g/mol. The molecule has 0 saturated heterocycles. The number of allylic oxidation sites excluding steroid dienone is 1. The second kappa shape index (κ2) is 6.48. The second-order valence-corrected chi connectivity index (χ2v) is 5.70. The maximum Gasteiger partial charge on any atom is 0.337 e. The molecule has 1 aromatic rings. The molecule has 1 aliphatic rings. The summed E-state index contributed by atoms with van der Waals surface area (Å²) in [5.41, 5.74) is 0.890. The van der Waals surface area contributed by atoms with Gasteiger partial charge in [-0.3, -0.25) is 4.90 Å². The molecule has 0 fully saturated rings. The van der Waals surface area contributed by atoms with Gasteiger partial charge in [-0.25, -0.2) is 14.0 Å². The third-order valence-corrected chi connectivity index (χ3v) is 4.08. The first kappa shape index (κ1) is 16.5. The first-order valence-corrected chi connectivity index (χ1v) is 7.52. The molecule has 118 valence electrons. The summed E-state index contributed by atoms with van der Waals surface area (Å²) in [7, 11) is 1.25. The summed E-state index contributed by atoms with van der Waals surface area (Å²) >= 11 is 3.27. The van der Waals surface area contributed by atoms with Gasteiger partial charge in [0.1, 0.15) is 5.82 Å². The predicted molar refractivity (Wildman–Crippen MR) is 82.5 cm³/mol. The third kappa shape index (κ3) is 2.85. The zero-order chi connectivity index (χ0) is 16.4. The highest BCUT2D eigenvalue weighted by Crippen LogP contribution is 2.33. The van der Waals surface area contributed by atoms with Crippen LogP contribution in [0.2, 0.25) is 0 Å². The fraction of sp³-hybridized carbons (Fsp3) is 0.333. The van der Waals surface area contributed by atoms with Crippen LogP contribution in [0.25, 0.3) is 0 Å². The van der Waals surface area contributed by atoms with Gasteiger partial charge in [-0.15, -0.1) is 0 Å². The Kier molecular flexibility index (Phi) is 4.85. The number of methoxy groups -OCH3 is 1. The third-order valence-electron chi connectivity index (χ3n) is 3.59. The molecule has 0 aromatic heterocycles. The van der Waals surface area contributed by atoms with E-state index in [2.05, 4.69) is 21.2 Å². The Balaban J connectivity index is 2.62. The van der Waals surface area contributed by atoms with Crippen LogP contribution < -0.4 is 5.32 Å². The summed E-state index contributed by atoms with van der Waals surface area (Å²) in [5, 5.41) is 2.66. The number of hydrogen-bond donors (Lipinski definition) is 1. The number of esters is 1. The minimum atomic E-state index is -0.889. The van der Waals surface area contributed by atoms with Gasteiger partial charge < -0.3 is 10.1 Å². The molecule has 1 atom stereocenters. The lowest BCUT2D eigenvalue weighted by Crippen LogP contribution is -2.48. The molecular weight excluding hydrogens is 355 g/mol. The van der Waals surface area contributed by atoms with E-state index in [1.165, 1.54) is 24.1 Å². The van der Waals surface area contributed by atoms with Crippen LogP contribution in [-0.4, -0.2) is 30.6 Å². The van der Waals surface area contributed by atoms with Crippen molar-refractivity contribution in [2.45, 2.75) is 19.9 Å². The Bertz CT molecular complexity index is 660. The number of urea groups is 1. The van der Waals surface area contributed by atoms with Crippen LogP contribution in [0, 0.1) is 5.82 Å². The topological polar surface area (TPSA) is 58.6 Å². The number of rotatable bonds is 3. The molecule has 1 heterocycles. The summed E-state index contributed by atoms with van der Waals surface area (Å²) < 4.78 is 19.6. The van der Waals surface area contributed by atoms with Crippen LogP contribution in [0.3, 0.4) is 0 Å². The van der Waals surface area contributed by atoms with Crippen LogP contribution in [0.5, 0.6) is 0 Å². The summed E-state index contributed by atoms with van der Waals surface area (Å²) in [4.78, 5) is 25.7. The highest BCUT2D eigenvalue weighted by atomic mass is 79.9. The number of nitrogens with zero attached hydrogens (tertiary/aromatic N) is 1. The van der Waals surface area contributed by atoms with E-state index in [-0.39, 0.29) is 17.2 Å². The summed E-state index contributed by atoms with van der Waals surface area (Å²) in [6.45, 7) is 3.83. The average Bonchev–Trinajstić information content (AvgIpc) is 2.49. The number of benzene rings is 1. The van der Waals surface area contributed by atoms with E-state index in [4.69, 9.17) is 4.74 Å². The van der Waals surface area contributed by atoms with Gasteiger partial charge in [0.2, 0.25) is 0 Å². The molecule has 0 radical (unpaired) electrons. The number of amides is 2. The Morgan fingerprint density at radius 2 is 2.18 bits per heavy atom. The molecule has 0 saturated carbocycles. The standard InChI is InChI=1S/C15H16BrFN2O3/c1-4-19-8(2)12(14(20)22-3)13(18-15(19)21)10-7-9(16)5-6-11(10)17/h5-7,13H,4H2,1-3H3,(H,18,21)/t13-/m0/s1. The normalized spacial score (nSPS) is 18.3. The van der Waals surface area contributed by atoms with Crippen molar-refractivity contribution in [2.75, 3.05) is 13.7 Å². The van der Waals surface area contributed by atoms with E-state index in [0.717, 1.165) is 0 Å². The lowest BCUT2D eigenvalue weighted by Gasteiger charge is -2.34. The van der Waals surface area contributed by atoms with Gasteiger partial charge in [-0.05, 0) is 32.0 Å². The van der Waals surface area contributed by atoms with E-state index in [9.17, 15) is 14.0 Å². The zero-order valence-electron chi connectivity index (χ0n) is 12.4. The van der Waals surface area contributed by atoms with Crippen molar-refractivity contribution in [1.29, 1.82) is 0 Å². The number of halogens is 2. The molecule has 1 aromatic carbocycles. The predicted octanol–water partition coefficient (Wildman–Crippen LogP) is 3.12. The maximum atomic E-state index is 14.2. The van der Waals surface area contributed by atoms with Crippen molar-refractivity contribution in [3.63, 3.8) is 0 Å². The molecule has 22 heavy (non-hydrogen) atoms. The lowest BCUT2D eigenvalue weighted by molar-refractivity contribution is -0.136. The monoisotopic (exact) mass is 370 g/mol. The van der Waals surface area contributed by atoms with Gasteiger partial charge in [0.25, 0.3) is 0 Å². The van der Waals surface area contributed by atoms with E-state index in [0.29, 0.717) is 16.7 Å². The molecule has 1 aliphatic heterocycles. The number of carbonyl (C=O) groups is 2. The summed E-state index contributed by atoms with van der Waals surface area (Å²) in [6, 6.07) is 3.10. The molecule has 0 bridgehead atoms. The minimum Gasteiger partial charge on any atom is -0.466 e. The molecule has 2 rings (SSSR count). The highest BCUT2D eigenvalue weighted by molar-refractivity contribution is 9.10. The van der Waals surface area contributed by atoms with E-state index >= 15 is 0 Å². The van der Waals surface area contributed by atoms with Gasteiger partial charge in [-0.2, -0.15) is 0 Å². The van der Waals surface area contributed by atoms with Crippen molar-refractivity contribution in [2.24, 2.45) is 0 Å². The van der Waals surface area contributed by atoms with Gasteiger partial charge in [-0.1, -0.05) is 15.9 Å². The number of hydrogen-bond acceptors (Lipinski definition) is 3. The Morgan fingerprint density at radius 1 is 1.50 bits per heavy atom. The van der Waals surface area contributed by atoms with Crippen LogP contribution in [0.4, 0.5) is 9.18 Å². The van der Waals surface area contributed by atoms with E-state index < -0.39 is 17.8 Å². The Hall–Kier alpha value is -1.89. The molecule has 5 nitrogen and oxygen atoms in total. The highest BCUT2D eigenvalue weighted by Gasteiger charge is 2.36. The SMILES string of the molecule is CCN1C(=O)N[C@@H](c2cc(Br)ccc2F)C(C(=O)OC)=C1C. The zero-order valence-corrected chi connectivity index (χ0v) is 14.0. The number of carbonyl (C=O) groups excluding carboxylic acids is 2. The van der Waals surface area contributed by atoms with Crippen molar-refractivity contribution in [3.8, 4) is 0 Å². The molecule has 0 aliphatic carbocycles. The van der Waals surface area contributed by atoms with Crippen LogP contribution in [0.1, 0.15) is 25.5 Å². The largest absolute Gasteiger partial charge is 0.466 e. The summed E-state index contributed by atoms with van der Waals surface area (Å²) in [5.74, 6) is -1.10. The van der Waals surface area contributed by atoms with Crippen molar-refractivity contribution in [3.05, 3.63) is 45.3 Å². The fourth-order valence-electron chi connectivity index (χ4n) is 2.51. The van der Waals surface area contributed by atoms with Crippen LogP contribution in [-0.2, 0) is 9.53 Å². The van der Waals surface area contributed by atoms with E-state index in [1.807, 2.05) is 0 Å². The van der Waals surface area contributed by atoms with Gasteiger partial charge in [0.05, 0.1) is 18.7 Å². The van der Waals surface area contributed by atoms with Crippen LogP contribution in [0.15, 0.2) is 33.9 Å². The Labute approximate surface area is 136 Å². The minimum absolute atomic E-state index is 0.207. The quantitative estimate of drug-likeness (QED) is 0.831. The lowest BCUT2D eigenvalue weighted by atomic mass is 9.94. The molecule has 1 N–H and O–H groups in total. The first-order chi connectivity index (χ1) is 10.4. The summed E-state index contributed by atoms with van der Waals surface area (Å²) in [6.07, 6.45) is 0. The van der Waals surface area contributed by atoms with Crippen LogP contribution >= 0.6 is 15.9 Å². The number of ether oxygens (including phenoxy) is 1. The molecule has 2 amide bonds. The van der Waals surface area contributed by atoms with Gasteiger partial charge in [0, 0.05) is 22.3 Å². The Morgan fingerprint density at radius 3 is 2.77 bits per heavy atom.